The highest BCUT2D eigenvalue weighted by Gasteiger charge is 2.56. The molecule has 0 unspecified atom stereocenters. The van der Waals surface area contributed by atoms with Gasteiger partial charge in [0.2, 0.25) is 0 Å². The summed E-state index contributed by atoms with van der Waals surface area (Å²) in [6.07, 6.45) is 0. The Morgan fingerprint density at radius 2 is 1.35 bits per heavy atom. The zero-order valence-corrected chi connectivity index (χ0v) is 15.0. The third-order valence-electron chi connectivity index (χ3n) is 4.78. The Bertz CT molecular complexity index is 1020. The fourth-order valence-corrected chi connectivity index (χ4v) is 4.09. The van der Waals surface area contributed by atoms with Crippen LogP contribution in [0.5, 0.6) is 0 Å². The highest BCUT2D eigenvalue weighted by Crippen LogP contribution is 2.59. The van der Waals surface area contributed by atoms with Crippen LogP contribution in [-0.4, -0.2) is 0 Å². The molecule has 0 radical (unpaired) electrons. The second-order valence-corrected chi connectivity index (χ2v) is 6.78. The van der Waals surface area contributed by atoms with Crippen LogP contribution in [0.25, 0.3) is 0 Å². The maximum absolute atomic E-state index is 9.88. The first-order valence-corrected chi connectivity index (χ1v) is 8.49. The van der Waals surface area contributed by atoms with Crippen LogP contribution in [0.15, 0.2) is 59.8 Å². The minimum Gasteiger partial charge on any atom is -0.399 e. The van der Waals surface area contributed by atoms with Crippen LogP contribution in [0.3, 0.4) is 0 Å². The smallest absolute Gasteiger partial charge is 0.191 e. The van der Waals surface area contributed by atoms with Crippen molar-refractivity contribution in [2.75, 3.05) is 0 Å². The van der Waals surface area contributed by atoms with Crippen LogP contribution in [0.1, 0.15) is 23.0 Å². The minimum atomic E-state index is -1.71. The van der Waals surface area contributed by atoms with E-state index < -0.39 is 17.3 Å². The number of nitrogens with two attached hydrogens (primary N) is 1. The van der Waals surface area contributed by atoms with Gasteiger partial charge in [-0.1, -0.05) is 59.6 Å². The molecule has 6 heteroatoms. The Labute approximate surface area is 161 Å². The lowest BCUT2D eigenvalue weighted by Gasteiger charge is -2.29. The predicted molar refractivity (Wildman–Crippen MR) is 98.9 cm³/mol. The lowest BCUT2D eigenvalue weighted by Crippen LogP contribution is -2.29. The molecule has 1 aliphatic rings. The van der Waals surface area contributed by atoms with Gasteiger partial charge in [-0.15, -0.1) is 0 Å². The summed E-state index contributed by atoms with van der Waals surface area (Å²) in [6, 6.07) is 20.1. The maximum atomic E-state index is 9.88. The third-order valence-corrected chi connectivity index (χ3v) is 5.47. The molecule has 26 heavy (non-hydrogen) atoms. The molecule has 1 aliphatic carbocycles. The monoisotopic (exact) mass is 378 g/mol. The van der Waals surface area contributed by atoms with Crippen molar-refractivity contribution < 1.29 is 0 Å². The summed E-state index contributed by atoms with van der Waals surface area (Å²) in [5.74, 6) is -1.39. The van der Waals surface area contributed by atoms with Gasteiger partial charge in [0, 0.05) is 21.9 Å². The molecule has 0 aromatic heterocycles. The van der Waals surface area contributed by atoms with E-state index >= 15 is 0 Å². The van der Waals surface area contributed by atoms with Gasteiger partial charge in [0.05, 0.1) is 29.5 Å². The van der Waals surface area contributed by atoms with Crippen molar-refractivity contribution in [1.29, 1.82) is 15.8 Å². The normalized spacial score (nSPS) is 20.9. The van der Waals surface area contributed by atoms with Crippen molar-refractivity contribution in [1.82, 2.24) is 0 Å². The number of benzene rings is 2. The standard InChI is InChI=1S/C20H12Cl2N4/c21-15-7-3-1-5-12(15)17-14(9-23)19(26)20(10-24,11-25)18(17)13-6-2-4-8-16(13)22/h1-8,17-18H,26H2/t17-,18+/m1/s1. The molecule has 4 nitrogen and oxygen atoms in total. The fourth-order valence-electron chi connectivity index (χ4n) is 3.58. The number of rotatable bonds is 2. The zero-order chi connectivity index (χ0) is 18.9. The summed E-state index contributed by atoms with van der Waals surface area (Å²) in [4.78, 5) is 0. The van der Waals surface area contributed by atoms with Crippen LogP contribution in [0, 0.1) is 39.4 Å². The van der Waals surface area contributed by atoms with Crippen LogP contribution in [-0.2, 0) is 0 Å². The summed E-state index contributed by atoms with van der Waals surface area (Å²) < 4.78 is 0. The molecule has 0 spiro atoms. The Kier molecular flexibility index (Phi) is 4.62. The number of nitrogens with zero attached hydrogens (tertiary/aromatic N) is 3. The summed E-state index contributed by atoms with van der Waals surface area (Å²) in [6.45, 7) is 0. The second-order valence-electron chi connectivity index (χ2n) is 5.97. The van der Waals surface area contributed by atoms with E-state index in [2.05, 4.69) is 6.07 Å². The Balaban J connectivity index is 2.39. The molecule has 0 heterocycles. The van der Waals surface area contributed by atoms with E-state index in [0.717, 1.165) is 0 Å². The predicted octanol–water partition coefficient (Wildman–Crippen LogP) is 4.64. The van der Waals surface area contributed by atoms with Crippen molar-refractivity contribution in [3.8, 4) is 18.2 Å². The van der Waals surface area contributed by atoms with E-state index in [0.29, 0.717) is 21.2 Å². The van der Waals surface area contributed by atoms with E-state index in [1.807, 2.05) is 12.1 Å². The molecule has 0 amide bonds. The van der Waals surface area contributed by atoms with Crippen LogP contribution in [0.2, 0.25) is 10.0 Å². The maximum Gasteiger partial charge on any atom is 0.191 e. The second kappa shape index (κ2) is 6.74. The van der Waals surface area contributed by atoms with E-state index in [4.69, 9.17) is 28.9 Å². The highest BCUT2D eigenvalue weighted by molar-refractivity contribution is 6.32. The Hall–Kier alpha value is -2.97. The molecule has 0 saturated heterocycles. The number of halogens is 2. The van der Waals surface area contributed by atoms with Gasteiger partial charge in [-0.2, -0.15) is 15.8 Å². The van der Waals surface area contributed by atoms with Gasteiger partial charge in [-0.3, -0.25) is 0 Å². The van der Waals surface area contributed by atoms with Gasteiger partial charge >= 0.3 is 0 Å². The highest BCUT2D eigenvalue weighted by atomic mass is 35.5. The van der Waals surface area contributed by atoms with Crippen molar-refractivity contribution in [2.45, 2.75) is 11.8 Å². The quantitative estimate of drug-likeness (QED) is 0.822. The van der Waals surface area contributed by atoms with E-state index in [1.54, 1.807) is 48.5 Å². The van der Waals surface area contributed by atoms with Crippen molar-refractivity contribution in [3.63, 3.8) is 0 Å². The van der Waals surface area contributed by atoms with Gasteiger partial charge in [-0.05, 0) is 23.3 Å². The lowest BCUT2D eigenvalue weighted by atomic mass is 9.69. The van der Waals surface area contributed by atoms with Crippen molar-refractivity contribution in [2.24, 2.45) is 11.1 Å². The Morgan fingerprint density at radius 3 is 1.81 bits per heavy atom. The molecule has 2 atom stereocenters. The average molecular weight is 379 g/mol. The summed E-state index contributed by atoms with van der Waals surface area (Å²) in [5.41, 5.74) is 5.80. The molecule has 2 N–H and O–H groups in total. The van der Waals surface area contributed by atoms with E-state index in [1.165, 1.54) is 0 Å². The molecule has 0 fully saturated rings. The summed E-state index contributed by atoms with van der Waals surface area (Å²) >= 11 is 12.8. The molecule has 0 bridgehead atoms. The molecule has 2 aromatic rings. The number of nitriles is 3. The van der Waals surface area contributed by atoms with Gasteiger partial charge in [0.1, 0.15) is 0 Å². The van der Waals surface area contributed by atoms with Crippen molar-refractivity contribution >= 4 is 23.2 Å². The summed E-state index contributed by atoms with van der Waals surface area (Å²) in [7, 11) is 0. The largest absolute Gasteiger partial charge is 0.399 e. The van der Waals surface area contributed by atoms with Gasteiger partial charge in [0.25, 0.3) is 0 Å². The zero-order valence-electron chi connectivity index (χ0n) is 13.4. The SMILES string of the molecule is N#CC1=C(N)C(C#N)(C#N)[C@@H](c2ccccc2Cl)[C@@H]1c1ccccc1Cl. The molecule has 0 saturated carbocycles. The minimum absolute atomic E-state index is 0.0418. The molecular weight excluding hydrogens is 367 g/mol. The van der Waals surface area contributed by atoms with Gasteiger partial charge in [0.15, 0.2) is 5.41 Å². The Morgan fingerprint density at radius 1 is 0.846 bits per heavy atom. The first-order valence-electron chi connectivity index (χ1n) is 7.73. The first-order chi connectivity index (χ1) is 12.5. The molecule has 2 aromatic carbocycles. The average Bonchev–Trinajstić information content (AvgIpc) is 2.90. The number of hydrogen-bond acceptors (Lipinski definition) is 4. The number of allylic oxidation sites excluding steroid dienone is 2. The lowest BCUT2D eigenvalue weighted by molar-refractivity contribution is 0.475. The van der Waals surface area contributed by atoms with Crippen LogP contribution < -0.4 is 5.73 Å². The molecule has 0 aliphatic heterocycles. The van der Waals surface area contributed by atoms with Crippen molar-refractivity contribution in [3.05, 3.63) is 81.0 Å². The first kappa shape index (κ1) is 17.8. The topological polar surface area (TPSA) is 97.4 Å². The summed E-state index contributed by atoms with van der Waals surface area (Å²) in [5, 5.41) is 30.3. The molecule has 3 rings (SSSR count). The molecule has 126 valence electrons. The van der Waals surface area contributed by atoms with E-state index in [-0.39, 0.29) is 11.3 Å². The number of hydrogen-bond donors (Lipinski definition) is 1. The van der Waals surface area contributed by atoms with Gasteiger partial charge in [-0.25, -0.2) is 0 Å². The fraction of sp³-hybridized carbons (Fsp3) is 0.150. The third kappa shape index (κ3) is 2.42. The van der Waals surface area contributed by atoms with Crippen LogP contribution >= 0.6 is 23.2 Å². The van der Waals surface area contributed by atoms with Gasteiger partial charge < -0.3 is 5.73 Å². The molecular formula is C20H12Cl2N4. The van der Waals surface area contributed by atoms with Crippen LogP contribution in [0.4, 0.5) is 0 Å². The van der Waals surface area contributed by atoms with E-state index in [9.17, 15) is 15.8 Å².